The van der Waals surface area contributed by atoms with Crippen molar-refractivity contribution in [2.75, 3.05) is 6.54 Å². The van der Waals surface area contributed by atoms with E-state index < -0.39 is 17.7 Å². The van der Waals surface area contributed by atoms with Crippen molar-refractivity contribution < 1.29 is 14.7 Å². The fourth-order valence-corrected chi connectivity index (χ4v) is 5.09. The number of carbonyl (C=O) groups is 2. The van der Waals surface area contributed by atoms with Crippen LogP contribution in [0.4, 0.5) is 0 Å². The molecule has 1 unspecified atom stereocenters. The zero-order valence-electron chi connectivity index (χ0n) is 18.2. The van der Waals surface area contributed by atoms with E-state index in [0.29, 0.717) is 17.1 Å². The van der Waals surface area contributed by atoms with Crippen LogP contribution in [0.3, 0.4) is 0 Å². The summed E-state index contributed by atoms with van der Waals surface area (Å²) >= 11 is 1.30. The van der Waals surface area contributed by atoms with Gasteiger partial charge in [-0.25, -0.2) is 4.98 Å². The number of hydrogen-bond donors (Lipinski definition) is 1. The molecule has 2 aromatic carbocycles. The van der Waals surface area contributed by atoms with Crippen molar-refractivity contribution in [3.05, 3.63) is 88.1 Å². The lowest BCUT2D eigenvalue weighted by Gasteiger charge is -2.26. The standard InChI is InChI=1S/C26H26N2O3S/c1-3-4-11-16-28-21(18-12-7-5-8-13-18)20(23(30)26(28)31)22(29)24-17(2)27-25(32-24)19-14-9-6-10-15-19/h5-10,12-15,21,30H,3-4,11,16H2,1-2H3. The number of aromatic nitrogens is 1. The van der Waals surface area contributed by atoms with E-state index in [2.05, 4.69) is 11.9 Å². The fraction of sp³-hybridized carbons (Fsp3) is 0.269. The van der Waals surface area contributed by atoms with Gasteiger partial charge in [0.05, 0.1) is 22.2 Å². The summed E-state index contributed by atoms with van der Waals surface area (Å²) in [5, 5.41) is 11.6. The van der Waals surface area contributed by atoms with Crippen molar-refractivity contribution in [3.8, 4) is 10.6 Å². The maximum absolute atomic E-state index is 13.7. The molecule has 1 N–H and O–H groups in total. The van der Waals surface area contributed by atoms with Crippen LogP contribution in [0, 0.1) is 6.92 Å². The van der Waals surface area contributed by atoms with Gasteiger partial charge in [0.1, 0.15) is 5.01 Å². The number of amides is 1. The molecule has 0 spiro atoms. The summed E-state index contributed by atoms with van der Waals surface area (Å²) in [6, 6.07) is 18.5. The van der Waals surface area contributed by atoms with Gasteiger partial charge in [0, 0.05) is 12.1 Å². The number of carbonyl (C=O) groups excluding carboxylic acids is 2. The Labute approximate surface area is 192 Å². The van der Waals surface area contributed by atoms with E-state index in [9.17, 15) is 14.7 Å². The summed E-state index contributed by atoms with van der Waals surface area (Å²) in [5.74, 6) is -1.27. The lowest BCUT2D eigenvalue weighted by molar-refractivity contribution is -0.129. The summed E-state index contributed by atoms with van der Waals surface area (Å²) < 4.78 is 0. The molecule has 1 aromatic heterocycles. The van der Waals surface area contributed by atoms with E-state index in [4.69, 9.17) is 0 Å². The third-order valence-corrected chi connectivity index (χ3v) is 6.90. The number of unbranched alkanes of at least 4 members (excludes halogenated alkanes) is 2. The molecule has 32 heavy (non-hydrogen) atoms. The number of aliphatic hydroxyl groups is 1. The molecule has 6 heteroatoms. The van der Waals surface area contributed by atoms with E-state index in [0.717, 1.165) is 35.4 Å². The quantitative estimate of drug-likeness (QED) is 0.346. The van der Waals surface area contributed by atoms with Gasteiger partial charge in [0.15, 0.2) is 5.76 Å². The van der Waals surface area contributed by atoms with Crippen LogP contribution >= 0.6 is 11.3 Å². The van der Waals surface area contributed by atoms with Crippen LogP contribution < -0.4 is 0 Å². The Morgan fingerprint density at radius 3 is 2.38 bits per heavy atom. The highest BCUT2D eigenvalue weighted by Crippen LogP contribution is 2.41. The normalized spacial score (nSPS) is 16.1. The number of nitrogens with zero attached hydrogens (tertiary/aromatic N) is 2. The Morgan fingerprint density at radius 1 is 1.06 bits per heavy atom. The predicted molar refractivity (Wildman–Crippen MR) is 127 cm³/mol. The van der Waals surface area contributed by atoms with Gasteiger partial charge in [-0.05, 0) is 18.9 Å². The van der Waals surface area contributed by atoms with Crippen molar-refractivity contribution in [2.24, 2.45) is 0 Å². The molecule has 0 fully saturated rings. The van der Waals surface area contributed by atoms with Crippen molar-refractivity contribution in [2.45, 2.75) is 39.2 Å². The first-order valence-corrected chi connectivity index (χ1v) is 11.7. The number of rotatable bonds is 8. The molecular weight excluding hydrogens is 420 g/mol. The van der Waals surface area contributed by atoms with E-state index in [-0.39, 0.29) is 11.4 Å². The summed E-state index contributed by atoms with van der Waals surface area (Å²) in [7, 11) is 0. The van der Waals surface area contributed by atoms with E-state index in [1.165, 1.54) is 11.3 Å². The molecule has 2 heterocycles. The molecule has 0 radical (unpaired) electrons. The topological polar surface area (TPSA) is 70.5 Å². The fourth-order valence-electron chi connectivity index (χ4n) is 4.06. The van der Waals surface area contributed by atoms with E-state index in [1.807, 2.05) is 60.7 Å². The first-order valence-electron chi connectivity index (χ1n) is 10.9. The maximum atomic E-state index is 13.7. The first kappa shape index (κ1) is 22.0. The predicted octanol–water partition coefficient (Wildman–Crippen LogP) is 5.89. The number of ketones is 1. The molecule has 0 saturated heterocycles. The maximum Gasteiger partial charge on any atom is 0.290 e. The Hall–Kier alpha value is -3.25. The molecule has 1 atom stereocenters. The first-order chi connectivity index (χ1) is 15.5. The highest BCUT2D eigenvalue weighted by molar-refractivity contribution is 7.17. The number of aliphatic hydroxyl groups excluding tert-OH is 1. The molecule has 3 aromatic rings. The zero-order chi connectivity index (χ0) is 22.7. The average Bonchev–Trinajstić information content (AvgIpc) is 3.33. The highest BCUT2D eigenvalue weighted by Gasteiger charge is 2.44. The summed E-state index contributed by atoms with van der Waals surface area (Å²) in [4.78, 5) is 33.4. The van der Waals surface area contributed by atoms with Crippen molar-refractivity contribution >= 4 is 23.0 Å². The lowest BCUT2D eigenvalue weighted by atomic mass is 9.95. The second-order valence-corrected chi connectivity index (χ2v) is 8.91. The number of benzene rings is 2. The summed E-state index contributed by atoms with van der Waals surface area (Å²) in [6.07, 6.45) is 2.81. The van der Waals surface area contributed by atoms with Gasteiger partial charge >= 0.3 is 0 Å². The second-order valence-electron chi connectivity index (χ2n) is 7.91. The minimum atomic E-state index is -0.602. The molecule has 1 aliphatic heterocycles. The van der Waals surface area contributed by atoms with Crippen LogP contribution in [0.25, 0.3) is 10.6 Å². The van der Waals surface area contributed by atoms with Gasteiger partial charge in [0.25, 0.3) is 5.91 Å². The molecule has 1 aliphatic rings. The number of Topliss-reactive ketones (excluding diaryl/α,β-unsaturated/α-hetero) is 1. The monoisotopic (exact) mass is 446 g/mol. The van der Waals surface area contributed by atoms with Gasteiger partial charge in [-0.3, -0.25) is 9.59 Å². The van der Waals surface area contributed by atoms with Gasteiger partial charge in [-0.15, -0.1) is 11.3 Å². The molecule has 0 saturated carbocycles. The number of thiazole rings is 1. The molecule has 0 aliphatic carbocycles. The van der Waals surface area contributed by atoms with E-state index in [1.54, 1.807) is 11.8 Å². The number of hydrogen-bond acceptors (Lipinski definition) is 5. The van der Waals surface area contributed by atoms with Gasteiger partial charge in [0.2, 0.25) is 5.78 Å². The highest BCUT2D eigenvalue weighted by atomic mass is 32.1. The Balaban J connectivity index is 1.74. The second kappa shape index (κ2) is 9.49. The SMILES string of the molecule is CCCCCN1C(=O)C(O)=C(C(=O)c2sc(-c3ccccc3)nc2C)C1c1ccccc1. The van der Waals surface area contributed by atoms with E-state index >= 15 is 0 Å². The average molecular weight is 447 g/mol. The molecule has 1 amide bonds. The minimum Gasteiger partial charge on any atom is -0.503 e. The van der Waals surface area contributed by atoms with Crippen molar-refractivity contribution in [1.82, 2.24) is 9.88 Å². The minimum absolute atomic E-state index is 0.143. The Morgan fingerprint density at radius 2 is 1.72 bits per heavy atom. The number of aryl methyl sites for hydroxylation is 1. The molecule has 0 bridgehead atoms. The largest absolute Gasteiger partial charge is 0.503 e. The third kappa shape index (κ3) is 4.10. The lowest BCUT2D eigenvalue weighted by Crippen LogP contribution is -2.32. The van der Waals surface area contributed by atoms with Gasteiger partial charge in [-0.1, -0.05) is 80.4 Å². The van der Waals surface area contributed by atoms with Crippen LogP contribution in [0.5, 0.6) is 0 Å². The van der Waals surface area contributed by atoms with Crippen LogP contribution in [-0.4, -0.2) is 33.2 Å². The van der Waals surface area contributed by atoms with Crippen molar-refractivity contribution in [1.29, 1.82) is 0 Å². The molecule has 4 rings (SSSR count). The summed E-state index contributed by atoms with van der Waals surface area (Å²) in [6.45, 7) is 4.38. The smallest absolute Gasteiger partial charge is 0.290 e. The molecule has 164 valence electrons. The zero-order valence-corrected chi connectivity index (χ0v) is 19.1. The Kier molecular flexibility index (Phi) is 6.51. The molecular formula is C26H26N2O3S. The van der Waals surface area contributed by atoms with Crippen LogP contribution in [0.15, 0.2) is 72.0 Å². The Bertz CT molecular complexity index is 1150. The van der Waals surface area contributed by atoms with Crippen molar-refractivity contribution in [3.63, 3.8) is 0 Å². The van der Waals surface area contributed by atoms with Crippen LogP contribution in [0.1, 0.15) is 53.2 Å². The van der Waals surface area contributed by atoms with Gasteiger partial charge < -0.3 is 10.0 Å². The molecule has 5 nitrogen and oxygen atoms in total. The van der Waals surface area contributed by atoms with Crippen LogP contribution in [0.2, 0.25) is 0 Å². The summed E-state index contributed by atoms with van der Waals surface area (Å²) in [5.41, 5.74) is 2.49. The third-order valence-electron chi connectivity index (χ3n) is 5.69. The van der Waals surface area contributed by atoms with Crippen LogP contribution in [-0.2, 0) is 4.79 Å². The van der Waals surface area contributed by atoms with Gasteiger partial charge in [-0.2, -0.15) is 0 Å².